The summed E-state index contributed by atoms with van der Waals surface area (Å²) >= 11 is 0. The van der Waals surface area contributed by atoms with Crippen LogP contribution < -0.4 is 15.4 Å². The van der Waals surface area contributed by atoms with E-state index in [-0.39, 0.29) is 30.0 Å². The van der Waals surface area contributed by atoms with Gasteiger partial charge in [-0.15, -0.1) is 24.0 Å². The number of nitrogens with zero attached hydrogens (tertiary/aromatic N) is 1. The van der Waals surface area contributed by atoms with E-state index in [1.165, 1.54) is 23.3 Å². The molecule has 1 aliphatic heterocycles. The van der Waals surface area contributed by atoms with Crippen molar-refractivity contribution < 1.29 is 13.5 Å². The summed E-state index contributed by atoms with van der Waals surface area (Å²) in [5, 5.41) is 6.36. The van der Waals surface area contributed by atoms with Crippen molar-refractivity contribution in [3.05, 3.63) is 64.7 Å². The van der Waals surface area contributed by atoms with Crippen molar-refractivity contribution in [1.29, 1.82) is 0 Å². The van der Waals surface area contributed by atoms with Crippen LogP contribution in [-0.2, 0) is 12.8 Å². The summed E-state index contributed by atoms with van der Waals surface area (Å²) in [5.41, 5.74) is 2.88. The van der Waals surface area contributed by atoms with E-state index in [0.717, 1.165) is 31.3 Å². The number of aliphatic imine (C=N–C) groups is 1. The lowest BCUT2D eigenvalue weighted by molar-refractivity contribution is 0.357. The number of ether oxygens (including phenoxy) is 1. The molecule has 0 saturated carbocycles. The second kappa shape index (κ2) is 9.87. The van der Waals surface area contributed by atoms with Crippen molar-refractivity contribution in [2.45, 2.75) is 25.8 Å². The van der Waals surface area contributed by atoms with Gasteiger partial charge in [-0.3, -0.25) is 4.99 Å². The molecule has 1 heterocycles. The molecule has 0 radical (unpaired) electrons. The Morgan fingerprint density at radius 1 is 1.22 bits per heavy atom. The molecule has 7 heteroatoms. The summed E-state index contributed by atoms with van der Waals surface area (Å²) in [6, 6.07) is 9.52. The van der Waals surface area contributed by atoms with Gasteiger partial charge in [0.2, 0.25) is 0 Å². The van der Waals surface area contributed by atoms with Crippen molar-refractivity contribution >= 4 is 29.9 Å². The van der Waals surface area contributed by atoms with Crippen LogP contribution in [0.15, 0.2) is 41.4 Å². The van der Waals surface area contributed by atoms with Crippen LogP contribution in [0.1, 0.15) is 29.7 Å². The van der Waals surface area contributed by atoms with E-state index in [9.17, 15) is 8.78 Å². The first kappa shape index (κ1) is 21.4. The van der Waals surface area contributed by atoms with Crippen LogP contribution in [0.25, 0.3) is 0 Å². The molecule has 27 heavy (non-hydrogen) atoms. The minimum Gasteiger partial charge on any atom is -0.493 e. The molecular formula is C20H24F2IN3O. The monoisotopic (exact) mass is 487 g/mol. The molecule has 1 aliphatic rings. The Labute approximate surface area is 175 Å². The average molecular weight is 487 g/mol. The average Bonchev–Trinajstić information content (AvgIpc) is 3.08. The summed E-state index contributed by atoms with van der Waals surface area (Å²) in [7, 11) is 1.66. The lowest BCUT2D eigenvalue weighted by Gasteiger charge is -2.19. The van der Waals surface area contributed by atoms with E-state index in [1.807, 2.05) is 13.0 Å². The van der Waals surface area contributed by atoms with E-state index in [4.69, 9.17) is 4.74 Å². The number of hydrogen-bond donors (Lipinski definition) is 2. The summed E-state index contributed by atoms with van der Waals surface area (Å²) in [5.74, 6) is 0.404. The second-order valence-corrected chi connectivity index (χ2v) is 6.32. The maximum Gasteiger partial charge on any atom is 0.191 e. The third-order valence-corrected chi connectivity index (χ3v) is 4.47. The Morgan fingerprint density at radius 3 is 2.78 bits per heavy atom. The van der Waals surface area contributed by atoms with Crippen LogP contribution in [0.5, 0.6) is 5.75 Å². The molecule has 1 unspecified atom stereocenters. The molecule has 0 aromatic heterocycles. The van der Waals surface area contributed by atoms with E-state index in [2.05, 4.69) is 27.8 Å². The maximum absolute atomic E-state index is 13.9. The van der Waals surface area contributed by atoms with Gasteiger partial charge in [0, 0.05) is 31.6 Å². The molecule has 0 saturated heterocycles. The van der Waals surface area contributed by atoms with Crippen molar-refractivity contribution in [2.24, 2.45) is 4.99 Å². The van der Waals surface area contributed by atoms with E-state index >= 15 is 0 Å². The predicted octanol–water partition coefficient (Wildman–Crippen LogP) is 3.99. The number of rotatable bonds is 5. The van der Waals surface area contributed by atoms with Gasteiger partial charge >= 0.3 is 0 Å². The van der Waals surface area contributed by atoms with Crippen molar-refractivity contribution in [2.75, 3.05) is 20.2 Å². The number of guanidine groups is 1. The fourth-order valence-electron chi connectivity index (χ4n) is 3.05. The Hall–Kier alpha value is -1.90. The zero-order valence-electron chi connectivity index (χ0n) is 15.4. The number of nitrogens with one attached hydrogen (secondary N) is 2. The number of fused-ring (bicyclic) bond motifs is 1. The minimum atomic E-state index is -0.583. The van der Waals surface area contributed by atoms with Gasteiger partial charge in [0.05, 0.1) is 12.6 Å². The second-order valence-electron chi connectivity index (χ2n) is 6.32. The van der Waals surface area contributed by atoms with Crippen molar-refractivity contribution in [3.8, 4) is 5.75 Å². The zero-order chi connectivity index (χ0) is 18.5. The summed E-state index contributed by atoms with van der Waals surface area (Å²) in [6.07, 6.45) is 1.80. The topological polar surface area (TPSA) is 45.7 Å². The highest BCUT2D eigenvalue weighted by Crippen LogP contribution is 2.25. The summed E-state index contributed by atoms with van der Waals surface area (Å²) in [6.45, 7) is 3.26. The molecule has 146 valence electrons. The lowest BCUT2D eigenvalue weighted by atomic mass is 10.1. The van der Waals surface area contributed by atoms with Crippen LogP contribution in [-0.4, -0.2) is 26.2 Å². The largest absolute Gasteiger partial charge is 0.493 e. The molecule has 0 bridgehead atoms. The highest BCUT2D eigenvalue weighted by atomic mass is 127. The molecule has 0 amide bonds. The normalized spacial score (nSPS) is 14.0. The number of halogens is 3. The van der Waals surface area contributed by atoms with Gasteiger partial charge in [0.15, 0.2) is 5.96 Å². The van der Waals surface area contributed by atoms with Crippen molar-refractivity contribution in [1.82, 2.24) is 10.6 Å². The summed E-state index contributed by atoms with van der Waals surface area (Å²) in [4.78, 5) is 4.17. The molecule has 0 aliphatic carbocycles. The molecule has 0 spiro atoms. The quantitative estimate of drug-likeness (QED) is 0.381. The first-order valence-electron chi connectivity index (χ1n) is 8.73. The highest BCUT2D eigenvalue weighted by molar-refractivity contribution is 14.0. The van der Waals surface area contributed by atoms with E-state index < -0.39 is 11.6 Å². The molecule has 2 aromatic rings. The van der Waals surface area contributed by atoms with E-state index in [0.29, 0.717) is 18.1 Å². The van der Waals surface area contributed by atoms with Gasteiger partial charge in [-0.1, -0.05) is 18.2 Å². The molecule has 2 aromatic carbocycles. The van der Waals surface area contributed by atoms with Crippen LogP contribution in [0.3, 0.4) is 0 Å². The molecular weight excluding hydrogens is 463 g/mol. The maximum atomic E-state index is 13.9. The number of hydrogen-bond acceptors (Lipinski definition) is 2. The third kappa shape index (κ3) is 5.54. The Bertz CT molecular complexity index is 814. The smallest absolute Gasteiger partial charge is 0.191 e. The molecule has 2 N–H and O–H groups in total. The molecule has 3 rings (SSSR count). The predicted molar refractivity (Wildman–Crippen MR) is 114 cm³/mol. The van der Waals surface area contributed by atoms with Gasteiger partial charge in [0.1, 0.15) is 17.4 Å². The molecule has 1 atom stereocenters. The van der Waals surface area contributed by atoms with Gasteiger partial charge in [-0.2, -0.15) is 0 Å². The Balaban J connectivity index is 0.00000261. The van der Waals surface area contributed by atoms with Gasteiger partial charge in [-0.25, -0.2) is 8.78 Å². The van der Waals surface area contributed by atoms with Crippen LogP contribution in [0.2, 0.25) is 0 Å². The molecule has 4 nitrogen and oxygen atoms in total. The first-order chi connectivity index (χ1) is 12.6. The first-order valence-corrected chi connectivity index (χ1v) is 8.73. The Kier molecular flexibility index (Phi) is 7.82. The van der Waals surface area contributed by atoms with Crippen LogP contribution in [0, 0.1) is 11.6 Å². The molecule has 0 fully saturated rings. The standard InChI is InChI=1S/C20H23F2N3O.HI/c1-13(17-5-4-16(21)12-18(17)22)25-20(23-2)24-9-7-14-3-6-19-15(11-14)8-10-26-19;/h3-6,11-13H,7-10H2,1-2H3,(H2,23,24,25);1H. The van der Waals surface area contributed by atoms with Gasteiger partial charge in [-0.05, 0) is 36.6 Å². The number of benzene rings is 2. The third-order valence-electron chi connectivity index (χ3n) is 4.47. The fraction of sp³-hybridized carbons (Fsp3) is 0.350. The fourth-order valence-corrected chi connectivity index (χ4v) is 3.05. The highest BCUT2D eigenvalue weighted by Gasteiger charge is 2.14. The minimum absolute atomic E-state index is 0. The van der Waals surface area contributed by atoms with E-state index in [1.54, 1.807) is 7.05 Å². The van der Waals surface area contributed by atoms with Crippen molar-refractivity contribution in [3.63, 3.8) is 0 Å². The van der Waals surface area contributed by atoms with Crippen LogP contribution >= 0.6 is 24.0 Å². The van der Waals surface area contributed by atoms with Gasteiger partial charge < -0.3 is 15.4 Å². The zero-order valence-corrected chi connectivity index (χ0v) is 17.7. The van der Waals surface area contributed by atoms with Gasteiger partial charge in [0.25, 0.3) is 0 Å². The lowest BCUT2D eigenvalue weighted by Crippen LogP contribution is -2.39. The Morgan fingerprint density at radius 2 is 2.04 bits per heavy atom. The summed E-state index contributed by atoms with van der Waals surface area (Å²) < 4.78 is 32.5. The van der Waals surface area contributed by atoms with Crippen LogP contribution in [0.4, 0.5) is 8.78 Å². The SMILES string of the molecule is CN=C(NCCc1ccc2c(c1)CCO2)NC(C)c1ccc(F)cc1F.I.